The van der Waals surface area contributed by atoms with Crippen molar-refractivity contribution in [2.24, 2.45) is 11.8 Å². The third kappa shape index (κ3) is 7.06. The molecular formula is C21H31NO4. The molecule has 144 valence electrons. The van der Waals surface area contributed by atoms with Gasteiger partial charge >= 0.3 is 5.97 Å². The summed E-state index contributed by atoms with van der Waals surface area (Å²) in [5, 5.41) is 0. The van der Waals surface area contributed by atoms with E-state index in [0.717, 1.165) is 25.0 Å². The lowest BCUT2D eigenvalue weighted by Crippen LogP contribution is -2.35. The Hall–Kier alpha value is -2.04. The first-order valence-electron chi connectivity index (χ1n) is 9.67. The average Bonchev–Trinajstić information content (AvgIpc) is 3.42. The van der Waals surface area contributed by atoms with Gasteiger partial charge in [-0.1, -0.05) is 13.8 Å². The fourth-order valence-corrected chi connectivity index (χ4v) is 2.64. The van der Waals surface area contributed by atoms with Crippen LogP contribution in [0.2, 0.25) is 0 Å². The van der Waals surface area contributed by atoms with Gasteiger partial charge in [-0.05, 0) is 62.3 Å². The highest BCUT2D eigenvalue weighted by Gasteiger charge is 2.27. The molecule has 1 aliphatic rings. The molecule has 5 nitrogen and oxygen atoms in total. The van der Waals surface area contributed by atoms with Crippen LogP contribution in [0, 0.1) is 11.8 Å². The third-order valence-corrected chi connectivity index (χ3v) is 4.42. The van der Waals surface area contributed by atoms with Crippen LogP contribution >= 0.6 is 0 Å². The van der Waals surface area contributed by atoms with E-state index in [9.17, 15) is 9.59 Å². The Morgan fingerprint density at radius 3 is 2.46 bits per heavy atom. The fraction of sp³-hybridized carbons (Fsp3) is 0.619. The molecule has 0 aromatic heterocycles. The molecule has 1 aliphatic carbocycles. The number of hydrogen-bond acceptors (Lipinski definition) is 4. The number of benzene rings is 1. The minimum Gasteiger partial charge on any atom is -0.494 e. The molecule has 5 heteroatoms. The van der Waals surface area contributed by atoms with Gasteiger partial charge in [0.05, 0.1) is 19.6 Å². The summed E-state index contributed by atoms with van der Waals surface area (Å²) in [6, 6.07) is 7.29. The molecule has 1 aromatic rings. The molecule has 1 amide bonds. The van der Waals surface area contributed by atoms with Crippen molar-refractivity contribution in [2.75, 3.05) is 26.3 Å². The van der Waals surface area contributed by atoms with Gasteiger partial charge in [0, 0.05) is 18.7 Å². The zero-order valence-electron chi connectivity index (χ0n) is 16.2. The molecular weight excluding hydrogens is 330 g/mol. The summed E-state index contributed by atoms with van der Waals surface area (Å²) in [5.41, 5.74) is 0.630. The van der Waals surface area contributed by atoms with Gasteiger partial charge in [-0.15, -0.1) is 0 Å². The van der Waals surface area contributed by atoms with Gasteiger partial charge in [0.2, 0.25) is 0 Å². The molecule has 2 rings (SSSR count). The molecule has 0 unspecified atom stereocenters. The Labute approximate surface area is 156 Å². The van der Waals surface area contributed by atoms with Gasteiger partial charge in [0.15, 0.2) is 0 Å². The first-order valence-corrected chi connectivity index (χ1v) is 9.67. The maximum absolute atomic E-state index is 12.8. The lowest BCUT2D eigenvalue weighted by molar-refractivity contribution is -0.143. The minimum atomic E-state index is -0.255. The van der Waals surface area contributed by atoms with Crippen LogP contribution in [0.15, 0.2) is 24.3 Å². The van der Waals surface area contributed by atoms with Crippen LogP contribution in [-0.4, -0.2) is 43.1 Å². The Bertz CT molecular complexity index is 578. The molecule has 0 saturated heterocycles. The predicted octanol–water partition coefficient (Wildman–Crippen LogP) is 3.92. The van der Waals surface area contributed by atoms with Crippen molar-refractivity contribution < 1.29 is 19.1 Å². The fourth-order valence-electron chi connectivity index (χ4n) is 2.64. The number of ether oxygens (including phenoxy) is 2. The summed E-state index contributed by atoms with van der Waals surface area (Å²) in [4.78, 5) is 26.2. The van der Waals surface area contributed by atoms with Gasteiger partial charge in [0.1, 0.15) is 5.75 Å². The van der Waals surface area contributed by atoms with E-state index in [1.165, 1.54) is 0 Å². The van der Waals surface area contributed by atoms with Crippen molar-refractivity contribution in [3.05, 3.63) is 29.8 Å². The molecule has 0 atom stereocenters. The number of rotatable bonds is 11. The second-order valence-corrected chi connectivity index (χ2v) is 7.30. The quantitative estimate of drug-likeness (QED) is 0.561. The van der Waals surface area contributed by atoms with Crippen molar-refractivity contribution in [3.63, 3.8) is 0 Å². The third-order valence-electron chi connectivity index (χ3n) is 4.42. The SMILES string of the molecule is CCOC(=O)CCN(CC1CC1)C(=O)c1ccc(OCCC(C)C)cc1. The molecule has 0 bridgehead atoms. The summed E-state index contributed by atoms with van der Waals surface area (Å²) in [6.45, 7) is 8.28. The van der Waals surface area contributed by atoms with Crippen molar-refractivity contribution in [1.82, 2.24) is 4.90 Å². The Kier molecular flexibility index (Phi) is 7.95. The molecule has 1 saturated carbocycles. The molecule has 0 spiro atoms. The van der Waals surface area contributed by atoms with Crippen LogP contribution in [0.4, 0.5) is 0 Å². The highest BCUT2D eigenvalue weighted by atomic mass is 16.5. The minimum absolute atomic E-state index is 0.0325. The maximum atomic E-state index is 12.8. The van der Waals surface area contributed by atoms with Crippen LogP contribution in [0.1, 0.15) is 56.8 Å². The Morgan fingerprint density at radius 1 is 1.19 bits per heavy atom. The lowest BCUT2D eigenvalue weighted by Gasteiger charge is -2.22. The van der Waals surface area contributed by atoms with E-state index in [2.05, 4.69) is 13.8 Å². The topological polar surface area (TPSA) is 55.8 Å². The van der Waals surface area contributed by atoms with E-state index >= 15 is 0 Å². The Morgan fingerprint density at radius 2 is 1.88 bits per heavy atom. The number of carbonyl (C=O) groups is 2. The smallest absolute Gasteiger partial charge is 0.307 e. The number of amides is 1. The van der Waals surface area contributed by atoms with Gasteiger partial charge in [-0.25, -0.2) is 0 Å². The number of carbonyl (C=O) groups excluding carboxylic acids is 2. The number of esters is 1. The maximum Gasteiger partial charge on any atom is 0.307 e. The molecule has 0 heterocycles. The van der Waals surface area contributed by atoms with Crippen LogP contribution < -0.4 is 4.74 Å². The van der Waals surface area contributed by atoms with Crippen LogP contribution in [-0.2, 0) is 9.53 Å². The normalized spacial score (nSPS) is 13.5. The summed E-state index contributed by atoms with van der Waals surface area (Å²) in [6.07, 6.45) is 3.56. The van der Waals surface area contributed by atoms with Crippen LogP contribution in [0.25, 0.3) is 0 Å². The summed E-state index contributed by atoms with van der Waals surface area (Å²) in [7, 11) is 0. The van der Waals surface area contributed by atoms with E-state index in [0.29, 0.717) is 43.7 Å². The average molecular weight is 361 g/mol. The van der Waals surface area contributed by atoms with Crippen molar-refractivity contribution in [2.45, 2.75) is 46.5 Å². The molecule has 1 aromatic carbocycles. The zero-order chi connectivity index (χ0) is 18.9. The Balaban J connectivity index is 1.92. The van der Waals surface area contributed by atoms with E-state index in [1.54, 1.807) is 24.0 Å². The second kappa shape index (κ2) is 10.2. The van der Waals surface area contributed by atoms with Crippen LogP contribution in [0.3, 0.4) is 0 Å². The molecule has 0 aliphatic heterocycles. The molecule has 1 fully saturated rings. The molecule has 0 N–H and O–H groups in total. The van der Waals surface area contributed by atoms with Gasteiger partial charge in [0.25, 0.3) is 5.91 Å². The number of hydrogen-bond donors (Lipinski definition) is 0. The highest BCUT2D eigenvalue weighted by molar-refractivity contribution is 5.94. The van der Waals surface area contributed by atoms with E-state index in [4.69, 9.17) is 9.47 Å². The van der Waals surface area contributed by atoms with E-state index in [1.807, 2.05) is 12.1 Å². The van der Waals surface area contributed by atoms with E-state index < -0.39 is 0 Å². The largest absolute Gasteiger partial charge is 0.494 e. The van der Waals surface area contributed by atoms with Gasteiger partial charge in [-0.3, -0.25) is 9.59 Å². The van der Waals surface area contributed by atoms with Gasteiger partial charge in [-0.2, -0.15) is 0 Å². The second-order valence-electron chi connectivity index (χ2n) is 7.30. The standard InChI is InChI=1S/C21H31NO4/c1-4-25-20(23)11-13-22(15-17-5-6-17)21(24)18-7-9-19(10-8-18)26-14-12-16(2)3/h7-10,16-17H,4-6,11-15H2,1-3H3. The first-order chi connectivity index (χ1) is 12.5. The van der Waals surface area contributed by atoms with Crippen molar-refractivity contribution in [1.29, 1.82) is 0 Å². The monoisotopic (exact) mass is 361 g/mol. The van der Waals surface area contributed by atoms with Crippen LogP contribution in [0.5, 0.6) is 5.75 Å². The van der Waals surface area contributed by atoms with Crippen molar-refractivity contribution >= 4 is 11.9 Å². The van der Waals surface area contributed by atoms with E-state index in [-0.39, 0.29) is 18.3 Å². The summed E-state index contributed by atoms with van der Waals surface area (Å²) in [5.74, 6) is 1.67. The van der Waals surface area contributed by atoms with Crippen molar-refractivity contribution in [3.8, 4) is 5.75 Å². The highest BCUT2D eigenvalue weighted by Crippen LogP contribution is 2.30. The predicted molar refractivity (Wildman–Crippen MR) is 101 cm³/mol. The number of nitrogens with zero attached hydrogens (tertiary/aromatic N) is 1. The molecule has 0 radical (unpaired) electrons. The summed E-state index contributed by atoms with van der Waals surface area (Å²) >= 11 is 0. The lowest BCUT2D eigenvalue weighted by atomic mass is 10.1. The molecule has 26 heavy (non-hydrogen) atoms. The summed E-state index contributed by atoms with van der Waals surface area (Å²) < 4.78 is 10.7. The zero-order valence-corrected chi connectivity index (χ0v) is 16.2. The van der Waals surface area contributed by atoms with Gasteiger partial charge < -0.3 is 14.4 Å². The first kappa shape index (κ1) is 20.3.